The van der Waals surface area contributed by atoms with Crippen molar-refractivity contribution in [2.75, 3.05) is 18.5 Å². The van der Waals surface area contributed by atoms with Crippen molar-refractivity contribution in [3.05, 3.63) is 64.1 Å². The first-order chi connectivity index (χ1) is 12.5. The molecule has 0 unspecified atom stereocenters. The Morgan fingerprint density at radius 1 is 1.08 bits per heavy atom. The Morgan fingerprint density at radius 2 is 1.81 bits per heavy atom. The molecule has 0 bridgehead atoms. The van der Waals surface area contributed by atoms with Crippen molar-refractivity contribution < 1.29 is 19.1 Å². The lowest BCUT2D eigenvalue weighted by molar-refractivity contribution is -0.142. The molecule has 2 aromatic carbocycles. The van der Waals surface area contributed by atoms with Crippen molar-refractivity contribution in [1.29, 1.82) is 0 Å². The van der Waals surface area contributed by atoms with Gasteiger partial charge in [-0.2, -0.15) is 0 Å². The summed E-state index contributed by atoms with van der Waals surface area (Å²) < 4.78 is 10.2. The van der Waals surface area contributed by atoms with Crippen molar-refractivity contribution >= 4 is 46.8 Å². The molecule has 0 saturated heterocycles. The predicted molar refractivity (Wildman–Crippen MR) is 103 cm³/mol. The molecule has 5 nitrogen and oxygen atoms in total. The van der Waals surface area contributed by atoms with Gasteiger partial charge in [-0.05, 0) is 55.0 Å². The summed E-state index contributed by atoms with van der Waals surface area (Å²) in [4.78, 5) is 23.5. The van der Waals surface area contributed by atoms with Crippen LogP contribution in [0.3, 0.4) is 0 Å². The van der Waals surface area contributed by atoms with E-state index in [1.54, 1.807) is 42.5 Å². The summed E-state index contributed by atoms with van der Waals surface area (Å²) in [6.45, 7) is 2.06. The number of anilines is 1. The van der Waals surface area contributed by atoms with Gasteiger partial charge in [0.15, 0.2) is 6.61 Å². The molecule has 26 heavy (non-hydrogen) atoms. The van der Waals surface area contributed by atoms with E-state index in [0.717, 1.165) is 0 Å². The summed E-state index contributed by atoms with van der Waals surface area (Å²) in [5, 5.41) is 3.44. The fraction of sp³-hybridized carbons (Fsp3) is 0.158. The average Bonchev–Trinajstić information content (AvgIpc) is 2.63. The minimum atomic E-state index is -0.641. The summed E-state index contributed by atoms with van der Waals surface area (Å²) in [6, 6.07) is 11.8. The van der Waals surface area contributed by atoms with Crippen LogP contribution in [0.4, 0.5) is 5.69 Å². The molecule has 0 aromatic heterocycles. The van der Waals surface area contributed by atoms with Gasteiger partial charge >= 0.3 is 5.97 Å². The molecular formula is C19H17Cl2NO4. The molecule has 0 spiro atoms. The van der Waals surface area contributed by atoms with Crippen LogP contribution in [-0.4, -0.2) is 25.1 Å². The van der Waals surface area contributed by atoms with Crippen LogP contribution in [0.1, 0.15) is 12.5 Å². The number of hydrogen-bond acceptors (Lipinski definition) is 4. The van der Waals surface area contributed by atoms with Crippen LogP contribution in [0.5, 0.6) is 5.75 Å². The molecule has 0 aliphatic rings. The van der Waals surface area contributed by atoms with Gasteiger partial charge in [0.05, 0.1) is 16.7 Å². The van der Waals surface area contributed by atoms with Crippen molar-refractivity contribution in [3.63, 3.8) is 0 Å². The Morgan fingerprint density at radius 3 is 2.46 bits per heavy atom. The number of rotatable bonds is 7. The third-order valence-corrected chi connectivity index (χ3v) is 3.89. The van der Waals surface area contributed by atoms with E-state index in [1.165, 1.54) is 12.2 Å². The van der Waals surface area contributed by atoms with E-state index < -0.39 is 18.5 Å². The fourth-order valence-electron chi connectivity index (χ4n) is 1.96. The standard InChI is InChI=1S/C19H17Cl2NO4/c1-2-25-15-7-5-14(6-8-15)22-18(23)12-26-19(24)10-4-13-3-9-16(20)17(21)11-13/h3-11H,2,12H2,1H3,(H,22,23)/b10-4+. The monoisotopic (exact) mass is 393 g/mol. The molecule has 0 aliphatic carbocycles. The molecule has 0 radical (unpaired) electrons. The Balaban J connectivity index is 1.79. The van der Waals surface area contributed by atoms with E-state index in [1.807, 2.05) is 6.92 Å². The number of amides is 1. The normalized spacial score (nSPS) is 10.6. The van der Waals surface area contributed by atoms with Crippen LogP contribution in [0.15, 0.2) is 48.5 Å². The minimum Gasteiger partial charge on any atom is -0.494 e. The Hall–Kier alpha value is -2.50. The second-order valence-corrected chi connectivity index (χ2v) is 5.93. The molecule has 2 rings (SSSR count). The lowest BCUT2D eigenvalue weighted by atomic mass is 10.2. The zero-order chi connectivity index (χ0) is 18.9. The zero-order valence-electron chi connectivity index (χ0n) is 14.0. The highest BCUT2D eigenvalue weighted by molar-refractivity contribution is 6.42. The third kappa shape index (κ3) is 6.43. The van der Waals surface area contributed by atoms with Crippen LogP contribution in [0.2, 0.25) is 10.0 Å². The second kappa shape index (κ2) is 9.85. The van der Waals surface area contributed by atoms with Gasteiger partial charge in [0.1, 0.15) is 5.75 Å². The molecule has 1 N–H and O–H groups in total. The minimum absolute atomic E-state index is 0.386. The Bertz CT molecular complexity index is 804. The molecule has 136 valence electrons. The first kappa shape index (κ1) is 19.8. The maximum atomic E-state index is 11.8. The first-order valence-electron chi connectivity index (χ1n) is 7.80. The smallest absolute Gasteiger partial charge is 0.331 e. The predicted octanol–water partition coefficient (Wildman–Crippen LogP) is 4.59. The van der Waals surface area contributed by atoms with E-state index in [9.17, 15) is 9.59 Å². The molecular weight excluding hydrogens is 377 g/mol. The Labute approximate surface area is 161 Å². The van der Waals surface area contributed by atoms with Gasteiger partial charge in [-0.15, -0.1) is 0 Å². The van der Waals surface area contributed by atoms with Gasteiger partial charge in [-0.3, -0.25) is 4.79 Å². The second-order valence-electron chi connectivity index (χ2n) is 5.12. The number of esters is 1. The first-order valence-corrected chi connectivity index (χ1v) is 8.56. The third-order valence-electron chi connectivity index (χ3n) is 3.15. The van der Waals surface area contributed by atoms with Crippen LogP contribution in [-0.2, 0) is 14.3 Å². The SMILES string of the molecule is CCOc1ccc(NC(=O)COC(=O)/C=C/c2ccc(Cl)c(Cl)c2)cc1. The van der Waals surface area contributed by atoms with Crippen molar-refractivity contribution in [3.8, 4) is 5.75 Å². The van der Waals surface area contributed by atoms with E-state index in [-0.39, 0.29) is 0 Å². The molecule has 0 heterocycles. The number of hydrogen-bond donors (Lipinski definition) is 1. The highest BCUT2D eigenvalue weighted by Gasteiger charge is 2.06. The van der Waals surface area contributed by atoms with Gasteiger partial charge in [0, 0.05) is 11.8 Å². The van der Waals surface area contributed by atoms with Crippen molar-refractivity contribution in [1.82, 2.24) is 0 Å². The van der Waals surface area contributed by atoms with Crippen molar-refractivity contribution in [2.45, 2.75) is 6.92 Å². The summed E-state index contributed by atoms with van der Waals surface area (Å²) >= 11 is 11.7. The molecule has 0 atom stereocenters. The molecule has 2 aromatic rings. The van der Waals surface area contributed by atoms with Gasteiger partial charge in [-0.1, -0.05) is 29.3 Å². The van der Waals surface area contributed by atoms with Gasteiger partial charge in [0.25, 0.3) is 5.91 Å². The number of benzene rings is 2. The Kier molecular flexibility index (Phi) is 7.51. The van der Waals surface area contributed by atoms with Crippen molar-refractivity contribution in [2.24, 2.45) is 0 Å². The number of nitrogens with one attached hydrogen (secondary N) is 1. The van der Waals surface area contributed by atoms with E-state index in [0.29, 0.717) is 33.7 Å². The van der Waals surface area contributed by atoms with E-state index >= 15 is 0 Å². The summed E-state index contributed by atoms with van der Waals surface area (Å²) in [5.74, 6) is -0.368. The van der Waals surface area contributed by atoms with Gasteiger partial charge in [0.2, 0.25) is 0 Å². The van der Waals surface area contributed by atoms with Crippen LogP contribution in [0, 0.1) is 0 Å². The molecule has 0 fully saturated rings. The highest BCUT2D eigenvalue weighted by Crippen LogP contribution is 2.23. The molecule has 0 aliphatic heterocycles. The topological polar surface area (TPSA) is 64.6 Å². The summed E-state index contributed by atoms with van der Waals surface area (Å²) in [6.07, 6.45) is 2.73. The van der Waals surface area contributed by atoms with Gasteiger partial charge in [-0.25, -0.2) is 4.79 Å². The number of halogens is 2. The van der Waals surface area contributed by atoms with Crippen LogP contribution < -0.4 is 10.1 Å². The van der Waals surface area contributed by atoms with Gasteiger partial charge < -0.3 is 14.8 Å². The highest BCUT2D eigenvalue weighted by atomic mass is 35.5. The maximum Gasteiger partial charge on any atom is 0.331 e. The van der Waals surface area contributed by atoms with Crippen LogP contribution in [0.25, 0.3) is 6.08 Å². The number of carbonyl (C=O) groups is 2. The molecule has 7 heteroatoms. The summed E-state index contributed by atoms with van der Waals surface area (Å²) in [7, 11) is 0. The maximum absolute atomic E-state index is 11.8. The number of carbonyl (C=O) groups excluding carboxylic acids is 2. The zero-order valence-corrected chi connectivity index (χ0v) is 15.5. The van der Waals surface area contributed by atoms with E-state index in [2.05, 4.69) is 5.32 Å². The molecule has 0 saturated carbocycles. The lowest BCUT2D eigenvalue weighted by Gasteiger charge is -2.07. The average molecular weight is 394 g/mol. The summed E-state index contributed by atoms with van der Waals surface area (Å²) in [5.41, 5.74) is 1.27. The fourth-order valence-corrected chi connectivity index (χ4v) is 2.27. The lowest BCUT2D eigenvalue weighted by Crippen LogP contribution is -2.20. The number of ether oxygens (including phenoxy) is 2. The van der Waals surface area contributed by atoms with E-state index in [4.69, 9.17) is 32.7 Å². The largest absolute Gasteiger partial charge is 0.494 e. The quantitative estimate of drug-likeness (QED) is 0.551. The molecule has 1 amide bonds. The van der Waals surface area contributed by atoms with Crippen LogP contribution >= 0.6 is 23.2 Å².